The summed E-state index contributed by atoms with van der Waals surface area (Å²) in [6.45, 7) is 2.69. The van der Waals surface area contributed by atoms with E-state index in [1.165, 1.54) is 11.3 Å². The van der Waals surface area contributed by atoms with Crippen molar-refractivity contribution in [3.63, 3.8) is 0 Å². The SMILES string of the molecule is COc1ccc(CNC(=O)[C@H]2CCCN(c3nnc(N4CCCC4=O)s3)C2)cc1. The van der Waals surface area contributed by atoms with Crippen LogP contribution in [0.2, 0.25) is 0 Å². The van der Waals surface area contributed by atoms with Crippen LogP contribution in [0.1, 0.15) is 31.2 Å². The molecule has 0 saturated carbocycles. The maximum atomic E-state index is 12.7. The Morgan fingerprint density at radius 2 is 2.00 bits per heavy atom. The van der Waals surface area contributed by atoms with E-state index in [4.69, 9.17) is 4.74 Å². The van der Waals surface area contributed by atoms with E-state index >= 15 is 0 Å². The Bertz CT molecular complexity index is 869. The Balaban J connectivity index is 1.33. The second kappa shape index (κ2) is 8.77. The third-order valence-electron chi connectivity index (χ3n) is 5.40. The van der Waals surface area contributed by atoms with E-state index in [-0.39, 0.29) is 17.7 Å². The number of piperidine rings is 1. The van der Waals surface area contributed by atoms with Gasteiger partial charge in [-0.05, 0) is 37.0 Å². The van der Waals surface area contributed by atoms with Crippen molar-refractivity contribution in [3.8, 4) is 5.75 Å². The first-order chi connectivity index (χ1) is 14.1. The van der Waals surface area contributed by atoms with Gasteiger partial charge in [-0.1, -0.05) is 23.5 Å². The molecule has 154 valence electrons. The molecule has 29 heavy (non-hydrogen) atoms. The van der Waals surface area contributed by atoms with Crippen molar-refractivity contribution in [2.45, 2.75) is 32.2 Å². The summed E-state index contributed by atoms with van der Waals surface area (Å²) in [5, 5.41) is 13.0. The van der Waals surface area contributed by atoms with Crippen LogP contribution in [0.15, 0.2) is 24.3 Å². The van der Waals surface area contributed by atoms with Gasteiger partial charge >= 0.3 is 0 Å². The fraction of sp³-hybridized carbons (Fsp3) is 0.500. The molecule has 1 aromatic carbocycles. The van der Waals surface area contributed by atoms with Crippen molar-refractivity contribution < 1.29 is 14.3 Å². The largest absolute Gasteiger partial charge is 0.497 e. The molecule has 1 aromatic heterocycles. The van der Waals surface area contributed by atoms with Gasteiger partial charge in [-0.15, -0.1) is 10.2 Å². The number of nitrogens with zero attached hydrogens (tertiary/aromatic N) is 4. The molecule has 2 aromatic rings. The zero-order valence-corrected chi connectivity index (χ0v) is 17.3. The van der Waals surface area contributed by atoms with Gasteiger partial charge in [-0.2, -0.15) is 0 Å². The van der Waals surface area contributed by atoms with E-state index in [2.05, 4.69) is 20.4 Å². The summed E-state index contributed by atoms with van der Waals surface area (Å²) in [6, 6.07) is 7.69. The number of benzene rings is 1. The number of hydrogen-bond donors (Lipinski definition) is 1. The van der Waals surface area contributed by atoms with E-state index in [0.29, 0.717) is 31.2 Å². The minimum atomic E-state index is -0.0808. The van der Waals surface area contributed by atoms with Gasteiger partial charge in [0.1, 0.15) is 5.75 Å². The molecule has 8 nitrogen and oxygen atoms in total. The number of ether oxygens (including phenoxy) is 1. The maximum Gasteiger partial charge on any atom is 0.228 e. The van der Waals surface area contributed by atoms with Gasteiger partial charge in [0.05, 0.1) is 13.0 Å². The Hall–Kier alpha value is -2.68. The Labute approximate surface area is 173 Å². The molecule has 0 bridgehead atoms. The van der Waals surface area contributed by atoms with Gasteiger partial charge in [-0.25, -0.2) is 0 Å². The molecule has 2 aliphatic rings. The lowest BCUT2D eigenvalue weighted by molar-refractivity contribution is -0.125. The zero-order valence-electron chi connectivity index (χ0n) is 16.5. The molecule has 2 amide bonds. The topological polar surface area (TPSA) is 87.7 Å². The fourth-order valence-electron chi connectivity index (χ4n) is 3.74. The smallest absolute Gasteiger partial charge is 0.228 e. The van der Waals surface area contributed by atoms with Crippen LogP contribution in [0, 0.1) is 5.92 Å². The first-order valence-electron chi connectivity index (χ1n) is 9.93. The highest BCUT2D eigenvalue weighted by Gasteiger charge is 2.30. The quantitative estimate of drug-likeness (QED) is 0.778. The molecule has 0 radical (unpaired) electrons. The van der Waals surface area contributed by atoms with E-state index in [1.807, 2.05) is 24.3 Å². The molecule has 0 spiro atoms. The Morgan fingerprint density at radius 1 is 1.21 bits per heavy atom. The molecule has 2 aliphatic heterocycles. The number of methoxy groups -OCH3 is 1. The molecular formula is C20H25N5O3S. The van der Waals surface area contributed by atoms with Crippen LogP contribution in [0.4, 0.5) is 10.3 Å². The molecular weight excluding hydrogens is 390 g/mol. The van der Waals surface area contributed by atoms with E-state index in [0.717, 1.165) is 42.3 Å². The summed E-state index contributed by atoms with van der Waals surface area (Å²) in [7, 11) is 1.63. The highest BCUT2D eigenvalue weighted by Crippen LogP contribution is 2.32. The fourth-order valence-corrected chi connectivity index (χ4v) is 4.66. The van der Waals surface area contributed by atoms with Crippen LogP contribution >= 0.6 is 11.3 Å². The molecule has 2 fully saturated rings. The van der Waals surface area contributed by atoms with Gasteiger partial charge in [0.2, 0.25) is 22.1 Å². The van der Waals surface area contributed by atoms with E-state index < -0.39 is 0 Å². The van der Waals surface area contributed by atoms with Crippen LogP contribution in [-0.2, 0) is 16.1 Å². The highest BCUT2D eigenvalue weighted by atomic mass is 32.1. The van der Waals surface area contributed by atoms with Gasteiger partial charge in [-0.3, -0.25) is 14.5 Å². The second-order valence-electron chi connectivity index (χ2n) is 7.37. The lowest BCUT2D eigenvalue weighted by Gasteiger charge is -2.31. The van der Waals surface area contributed by atoms with Crippen molar-refractivity contribution in [3.05, 3.63) is 29.8 Å². The highest BCUT2D eigenvalue weighted by molar-refractivity contribution is 7.19. The monoisotopic (exact) mass is 415 g/mol. The summed E-state index contributed by atoms with van der Waals surface area (Å²) < 4.78 is 5.16. The lowest BCUT2D eigenvalue weighted by atomic mass is 9.97. The number of carbonyl (C=O) groups is 2. The molecule has 3 heterocycles. The summed E-state index contributed by atoms with van der Waals surface area (Å²) in [5.74, 6) is 0.893. The number of rotatable bonds is 6. The number of nitrogens with one attached hydrogen (secondary N) is 1. The van der Waals surface area contributed by atoms with Crippen LogP contribution < -0.4 is 19.9 Å². The van der Waals surface area contributed by atoms with Gasteiger partial charge in [0.15, 0.2) is 0 Å². The predicted molar refractivity (Wildman–Crippen MR) is 111 cm³/mol. The maximum absolute atomic E-state index is 12.7. The number of carbonyl (C=O) groups excluding carboxylic acids is 2. The van der Waals surface area contributed by atoms with Crippen LogP contribution in [-0.4, -0.2) is 48.8 Å². The number of hydrogen-bond acceptors (Lipinski definition) is 7. The number of anilines is 2. The molecule has 2 saturated heterocycles. The first kappa shape index (κ1) is 19.6. The van der Waals surface area contributed by atoms with Crippen LogP contribution in [0.5, 0.6) is 5.75 Å². The molecule has 1 atom stereocenters. The minimum Gasteiger partial charge on any atom is -0.497 e. The van der Waals surface area contributed by atoms with Crippen molar-refractivity contribution in [2.24, 2.45) is 5.92 Å². The lowest BCUT2D eigenvalue weighted by Crippen LogP contribution is -2.43. The summed E-state index contributed by atoms with van der Waals surface area (Å²) in [4.78, 5) is 28.4. The Kier molecular flexibility index (Phi) is 5.94. The average Bonchev–Trinajstić information content (AvgIpc) is 3.41. The number of aromatic nitrogens is 2. The average molecular weight is 416 g/mol. The summed E-state index contributed by atoms with van der Waals surface area (Å²) in [6.07, 6.45) is 3.24. The summed E-state index contributed by atoms with van der Waals surface area (Å²) >= 11 is 1.43. The van der Waals surface area contributed by atoms with Crippen LogP contribution in [0.3, 0.4) is 0 Å². The summed E-state index contributed by atoms with van der Waals surface area (Å²) in [5.41, 5.74) is 1.04. The normalized spacial score (nSPS) is 19.5. The molecule has 9 heteroatoms. The van der Waals surface area contributed by atoms with Crippen molar-refractivity contribution in [2.75, 3.05) is 36.5 Å². The Morgan fingerprint density at radius 3 is 2.72 bits per heavy atom. The van der Waals surface area contributed by atoms with Gasteiger partial charge in [0.25, 0.3) is 0 Å². The second-order valence-corrected chi connectivity index (χ2v) is 8.30. The van der Waals surface area contributed by atoms with Gasteiger partial charge < -0.3 is 15.0 Å². The minimum absolute atomic E-state index is 0.0602. The number of amides is 2. The van der Waals surface area contributed by atoms with E-state index in [9.17, 15) is 9.59 Å². The molecule has 1 N–H and O–H groups in total. The zero-order chi connectivity index (χ0) is 20.2. The van der Waals surface area contributed by atoms with Crippen LogP contribution in [0.25, 0.3) is 0 Å². The molecule has 0 unspecified atom stereocenters. The predicted octanol–water partition coefficient (Wildman–Crippen LogP) is 2.21. The first-order valence-corrected chi connectivity index (χ1v) is 10.7. The third-order valence-corrected chi connectivity index (χ3v) is 6.40. The molecule has 0 aliphatic carbocycles. The van der Waals surface area contributed by atoms with Crippen molar-refractivity contribution in [1.29, 1.82) is 0 Å². The van der Waals surface area contributed by atoms with Gasteiger partial charge in [0, 0.05) is 32.6 Å². The van der Waals surface area contributed by atoms with Crippen molar-refractivity contribution >= 4 is 33.4 Å². The molecule has 4 rings (SSSR count). The standard InChI is InChI=1S/C20H25N5O3S/c1-28-16-8-6-14(7-9-16)12-21-18(27)15-4-2-10-24(13-15)19-22-23-20(29-19)25-11-3-5-17(25)26/h6-9,15H,2-5,10-13H2,1H3,(H,21,27)/t15-/m0/s1. The third kappa shape index (κ3) is 4.50. The van der Waals surface area contributed by atoms with E-state index in [1.54, 1.807) is 12.0 Å². The van der Waals surface area contributed by atoms with Crippen molar-refractivity contribution in [1.82, 2.24) is 15.5 Å².